The number of piperidine rings is 1. The van der Waals surface area contributed by atoms with Crippen LogP contribution in [0.4, 0.5) is 0 Å². The first-order valence-corrected chi connectivity index (χ1v) is 10.1. The minimum absolute atomic E-state index is 0.261. The van der Waals surface area contributed by atoms with Gasteiger partial charge in [-0.2, -0.15) is 0 Å². The Bertz CT molecular complexity index is 876. The summed E-state index contributed by atoms with van der Waals surface area (Å²) in [7, 11) is 0. The van der Waals surface area contributed by atoms with Crippen LogP contribution >= 0.6 is 0 Å². The highest BCUT2D eigenvalue weighted by Crippen LogP contribution is 2.25. The van der Waals surface area contributed by atoms with Crippen molar-refractivity contribution < 1.29 is 5.11 Å². The van der Waals surface area contributed by atoms with E-state index in [4.69, 9.17) is 10.1 Å². The van der Waals surface area contributed by atoms with Crippen LogP contribution in [-0.4, -0.2) is 45.8 Å². The Morgan fingerprint density at radius 1 is 1.04 bits per heavy atom. The third kappa shape index (κ3) is 4.23. The minimum atomic E-state index is 0.261. The van der Waals surface area contributed by atoms with Gasteiger partial charge in [-0.3, -0.25) is 0 Å². The molecule has 3 aromatic rings. The Morgan fingerprint density at radius 3 is 2.52 bits per heavy atom. The maximum atomic E-state index is 9.14. The number of aliphatic hydroxyl groups is 1. The summed E-state index contributed by atoms with van der Waals surface area (Å²) in [5.41, 5.74) is 4.94. The van der Waals surface area contributed by atoms with Crippen LogP contribution in [0.1, 0.15) is 29.8 Å². The number of aromatic nitrogens is 2. The van der Waals surface area contributed by atoms with Gasteiger partial charge in [0.05, 0.1) is 17.6 Å². The second-order valence-electron chi connectivity index (χ2n) is 7.80. The van der Waals surface area contributed by atoms with Gasteiger partial charge in [-0.1, -0.05) is 42.0 Å². The number of para-hydroxylation sites is 2. The minimum Gasteiger partial charge on any atom is -0.395 e. The molecule has 1 aliphatic heterocycles. The van der Waals surface area contributed by atoms with Crippen LogP contribution in [-0.2, 0) is 13.0 Å². The fraction of sp³-hybridized carbons (Fsp3) is 0.435. The summed E-state index contributed by atoms with van der Waals surface area (Å²) in [4.78, 5) is 7.35. The van der Waals surface area contributed by atoms with Gasteiger partial charge in [0, 0.05) is 19.5 Å². The molecule has 0 atom stereocenters. The summed E-state index contributed by atoms with van der Waals surface area (Å²) in [6, 6.07) is 17.3. The van der Waals surface area contributed by atoms with Crippen molar-refractivity contribution in [2.24, 2.45) is 5.92 Å². The Balaban J connectivity index is 1.56. The molecule has 1 saturated heterocycles. The lowest BCUT2D eigenvalue weighted by atomic mass is 9.93. The van der Waals surface area contributed by atoms with E-state index >= 15 is 0 Å². The van der Waals surface area contributed by atoms with E-state index in [2.05, 4.69) is 64.9 Å². The highest BCUT2D eigenvalue weighted by molar-refractivity contribution is 5.76. The number of nitrogens with zero attached hydrogens (tertiary/aromatic N) is 3. The molecule has 2 heterocycles. The monoisotopic (exact) mass is 363 g/mol. The summed E-state index contributed by atoms with van der Waals surface area (Å²) < 4.78 is 2.40. The molecule has 4 heteroatoms. The van der Waals surface area contributed by atoms with Crippen molar-refractivity contribution in [2.75, 3.05) is 26.2 Å². The van der Waals surface area contributed by atoms with Crippen molar-refractivity contribution in [2.45, 2.75) is 32.7 Å². The first-order valence-electron chi connectivity index (χ1n) is 10.1. The smallest absolute Gasteiger partial charge is 0.110 e. The van der Waals surface area contributed by atoms with Crippen molar-refractivity contribution in [1.29, 1.82) is 0 Å². The SMILES string of the molecule is Cc1ccc(Cn2c(CC3CCN(CCO)CC3)nc3ccccc32)cc1. The van der Waals surface area contributed by atoms with E-state index in [1.54, 1.807) is 0 Å². The fourth-order valence-corrected chi connectivity index (χ4v) is 4.15. The number of aryl methyl sites for hydroxylation is 1. The quantitative estimate of drug-likeness (QED) is 0.727. The summed E-state index contributed by atoms with van der Waals surface area (Å²) in [6.45, 7) is 6.24. The van der Waals surface area contributed by atoms with E-state index in [9.17, 15) is 0 Å². The number of aliphatic hydroxyl groups excluding tert-OH is 1. The zero-order valence-electron chi connectivity index (χ0n) is 16.1. The molecule has 0 saturated carbocycles. The molecule has 0 bridgehead atoms. The predicted octanol–water partition coefficient (Wildman–Crippen LogP) is 3.64. The van der Waals surface area contributed by atoms with E-state index in [0.29, 0.717) is 5.92 Å². The van der Waals surface area contributed by atoms with Crippen molar-refractivity contribution in [3.8, 4) is 0 Å². The standard InChI is InChI=1S/C23H29N3O/c1-18-6-8-20(9-7-18)17-26-22-5-3-2-4-21(22)24-23(26)16-19-10-12-25(13-11-19)14-15-27/h2-9,19,27H,10-17H2,1H3. The molecule has 1 aliphatic rings. The van der Waals surface area contributed by atoms with Gasteiger partial charge >= 0.3 is 0 Å². The normalized spacial score (nSPS) is 16.2. The molecule has 27 heavy (non-hydrogen) atoms. The number of imidazole rings is 1. The molecule has 0 radical (unpaired) electrons. The molecule has 1 aromatic heterocycles. The number of β-amino-alcohol motifs (C(OH)–C–C–N with tert-alkyl or cyclic N) is 1. The topological polar surface area (TPSA) is 41.3 Å². The first kappa shape index (κ1) is 18.2. The van der Waals surface area contributed by atoms with Crippen LogP contribution in [0.2, 0.25) is 0 Å². The zero-order chi connectivity index (χ0) is 18.6. The van der Waals surface area contributed by atoms with Gasteiger partial charge in [-0.25, -0.2) is 4.98 Å². The molecule has 2 aromatic carbocycles. The first-order chi connectivity index (χ1) is 13.2. The second-order valence-corrected chi connectivity index (χ2v) is 7.80. The number of hydrogen-bond acceptors (Lipinski definition) is 3. The summed E-state index contributed by atoms with van der Waals surface area (Å²) in [5.74, 6) is 1.88. The molecule has 0 amide bonds. The van der Waals surface area contributed by atoms with E-state index in [-0.39, 0.29) is 6.61 Å². The molecule has 1 N–H and O–H groups in total. The molecular formula is C23H29N3O. The third-order valence-corrected chi connectivity index (χ3v) is 5.79. The summed E-state index contributed by atoms with van der Waals surface area (Å²) >= 11 is 0. The van der Waals surface area contributed by atoms with Gasteiger partial charge in [0.15, 0.2) is 0 Å². The Labute approximate surface area is 161 Å². The van der Waals surface area contributed by atoms with Gasteiger partial charge in [0.2, 0.25) is 0 Å². The van der Waals surface area contributed by atoms with Gasteiger partial charge < -0.3 is 14.6 Å². The highest BCUT2D eigenvalue weighted by atomic mass is 16.3. The lowest BCUT2D eigenvalue weighted by Gasteiger charge is -2.31. The number of likely N-dealkylation sites (tertiary alicyclic amines) is 1. The van der Waals surface area contributed by atoms with Crippen molar-refractivity contribution >= 4 is 11.0 Å². The van der Waals surface area contributed by atoms with Gasteiger partial charge in [0.1, 0.15) is 5.82 Å². The fourth-order valence-electron chi connectivity index (χ4n) is 4.15. The average Bonchev–Trinajstić information content (AvgIpc) is 3.02. The van der Waals surface area contributed by atoms with Crippen LogP contribution in [0.15, 0.2) is 48.5 Å². The van der Waals surface area contributed by atoms with E-state index in [0.717, 1.165) is 38.1 Å². The second kappa shape index (κ2) is 8.24. The van der Waals surface area contributed by atoms with E-state index < -0.39 is 0 Å². The number of benzene rings is 2. The lowest BCUT2D eigenvalue weighted by Crippen LogP contribution is -2.36. The highest BCUT2D eigenvalue weighted by Gasteiger charge is 2.22. The molecule has 142 valence electrons. The van der Waals surface area contributed by atoms with Crippen molar-refractivity contribution in [1.82, 2.24) is 14.5 Å². The average molecular weight is 364 g/mol. The van der Waals surface area contributed by atoms with E-state index in [1.165, 1.54) is 35.3 Å². The largest absolute Gasteiger partial charge is 0.395 e. The van der Waals surface area contributed by atoms with Crippen LogP contribution in [0.3, 0.4) is 0 Å². The zero-order valence-corrected chi connectivity index (χ0v) is 16.1. The summed E-state index contributed by atoms with van der Waals surface area (Å²) in [6.07, 6.45) is 3.41. The van der Waals surface area contributed by atoms with E-state index in [1.807, 2.05) is 0 Å². The third-order valence-electron chi connectivity index (χ3n) is 5.79. The van der Waals surface area contributed by atoms with Crippen LogP contribution in [0.5, 0.6) is 0 Å². The maximum absolute atomic E-state index is 9.14. The molecule has 1 fully saturated rings. The van der Waals surface area contributed by atoms with Crippen LogP contribution in [0.25, 0.3) is 11.0 Å². The van der Waals surface area contributed by atoms with Crippen LogP contribution in [0, 0.1) is 12.8 Å². The number of rotatable bonds is 6. The van der Waals surface area contributed by atoms with Crippen LogP contribution < -0.4 is 0 Å². The van der Waals surface area contributed by atoms with Crippen molar-refractivity contribution in [3.05, 3.63) is 65.5 Å². The number of hydrogen-bond donors (Lipinski definition) is 1. The summed E-state index contributed by atoms with van der Waals surface area (Å²) in [5, 5.41) is 9.14. The van der Waals surface area contributed by atoms with Gasteiger partial charge in [-0.05, 0) is 56.5 Å². The predicted molar refractivity (Wildman–Crippen MR) is 110 cm³/mol. The Hall–Kier alpha value is -2.17. The molecule has 0 spiro atoms. The lowest BCUT2D eigenvalue weighted by molar-refractivity contribution is 0.146. The molecule has 4 rings (SSSR count). The molecular weight excluding hydrogens is 334 g/mol. The molecule has 0 unspecified atom stereocenters. The van der Waals surface area contributed by atoms with Crippen molar-refractivity contribution in [3.63, 3.8) is 0 Å². The van der Waals surface area contributed by atoms with Gasteiger partial charge in [-0.15, -0.1) is 0 Å². The van der Waals surface area contributed by atoms with Gasteiger partial charge in [0.25, 0.3) is 0 Å². The number of fused-ring (bicyclic) bond motifs is 1. The molecule has 0 aliphatic carbocycles. The Morgan fingerprint density at radius 2 is 1.78 bits per heavy atom. The maximum Gasteiger partial charge on any atom is 0.110 e. The Kier molecular flexibility index (Phi) is 5.55. The molecule has 4 nitrogen and oxygen atoms in total.